The summed E-state index contributed by atoms with van der Waals surface area (Å²) in [6, 6.07) is 12.6. The van der Waals surface area contributed by atoms with Gasteiger partial charge in [-0.25, -0.2) is 9.37 Å². The highest BCUT2D eigenvalue weighted by molar-refractivity contribution is 7.15. The van der Waals surface area contributed by atoms with Gasteiger partial charge in [-0.1, -0.05) is 18.2 Å². The number of ether oxygens (including phenoxy) is 1. The average Bonchev–Trinajstić information content (AvgIpc) is 3.25. The van der Waals surface area contributed by atoms with Crippen LogP contribution >= 0.6 is 11.3 Å². The van der Waals surface area contributed by atoms with E-state index in [9.17, 15) is 9.18 Å². The Morgan fingerprint density at radius 3 is 2.93 bits per heavy atom. The molecule has 0 spiro atoms. The third kappa shape index (κ3) is 4.32. The number of hydrogen-bond donors (Lipinski definition) is 1. The molecule has 0 saturated heterocycles. The second kappa shape index (κ2) is 8.33. The van der Waals surface area contributed by atoms with Gasteiger partial charge in [0.25, 0.3) is 0 Å². The number of aromatic nitrogens is 1. The fourth-order valence-electron chi connectivity index (χ4n) is 3.87. The van der Waals surface area contributed by atoms with Gasteiger partial charge in [0.15, 0.2) is 0 Å². The number of aliphatic carboxylic acids is 1. The Hall–Kier alpha value is -2.73. The van der Waals surface area contributed by atoms with Crippen LogP contribution in [0, 0.1) is 12.7 Å². The van der Waals surface area contributed by atoms with Gasteiger partial charge in [0.2, 0.25) is 0 Å². The molecule has 0 aliphatic heterocycles. The van der Waals surface area contributed by atoms with Crippen LogP contribution in [0.2, 0.25) is 0 Å². The summed E-state index contributed by atoms with van der Waals surface area (Å²) in [6.45, 7) is 2.48. The van der Waals surface area contributed by atoms with E-state index >= 15 is 0 Å². The topological polar surface area (TPSA) is 59.4 Å². The van der Waals surface area contributed by atoms with Crippen molar-refractivity contribution in [2.75, 3.05) is 6.61 Å². The van der Waals surface area contributed by atoms with Crippen LogP contribution in [-0.2, 0) is 17.6 Å². The molecular formula is C23H22FNO3S. The van der Waals surface area contributed by atoms with Crippen molar-refractivity contribution >= 4 is 17.3 Å². The molecule has 3 aromatic rings. The molecule has 150 valence electrons. The van der Waals surface area contributed by atoms with Gasteiger partial charge in [-0.2, -0.15) is 0 Å². The van der Waals surface area contributed by atoms with Crippen molar-refractivity contribution in [3.8, 4) is 16.3 Å². The maximum absolute atomic E-state index is 14.0. The van der Waals surface area contributed by atoms with Crippen molar-refractivity contribution in [2.24, 2.45) is 0 Å². The first-order valence-corrected chi connectivity index (χ1v) is 10.5. The van der Waals surface area contributed by atoms with E-state index in [-0.39, 0.29) is 18.2 Å². The number of carboxylic acid groups (broad SMARTS) is 1. The van der Waals surface area contributed by atoms with Gasteiger partial charge >= 0.3 is 5.97 Å². The van der Waals surface area contributed by atoms with Gasteiger partial charge in [0.05, 0.1) is 18.7 Å². The number of halogens is 1. The first-order valence-electron chi connectivity index (χ1n) is 9.70. The van der Waals surface area contributed by atoms with E-state index < -0.39 is 5.97 Å². The Balaban J connectivity index is 1.39. The smallest absolute Gasteiger partial charge is 0.303 e. The molecule has 0 amide bonds. The Kier molecular flexibility index (Phi) is 5.62. The van der Waals surface area contributed by atoms with E-state index in [0.717, 1.165) is 34.7 Å². The molecule has 29 heavy (non-hydrogen) atoms. The first kappa shape index (κ1) is 19.6. The molecule has 1 atom stereocenters. The molecule has 2 aromatic carbocycles. The maximum atomic E-state index is 14.0. The van der Waals surface area contributed by atoms with Crippen molar-refractivity contribution in [2.45, 2.75) is 38.5 Å². The van der Waals surface area contributed by atoms with Crippen LogP contribution in [0.25, 0.3) is 10.6 Å². The summed E-state index contributed by atoms with van der Waals surface area (Å²) in [6.07, 6.45) is 2.60. The Morgan fingerprint density at radius 2 is 2.14 bits per heavy atom. The molecule has 4 rings (SSSR count). The molecule has 1 N–H and O–H groups in total. The van der Waals surface area contributed by atoms with E-state index in [0.29, 0.717) is 23.6 Å². The van der Waals surface area contributed by atoms with Crippen molar-refractivity contribution in [1.82, 2.24) is 4.98 Å². The number of carboxylic acids is 1. The molecule has 1 aliphatic carbocycles. The summed E-state index contributed by atoms with van der Waals surface area (Å²) < 4.78 is 19.9. The monoisotopic (exact) mass is 411 g/mol. The number of hydrogen-bond acceptors (Lipinski definition) is 4. The summed E-state index contributed by atoms with van der Waals surface area (Å²) in [5.74, 6) is -0.118. The standard InChI is InChI=1S/C23H22FNO3S/c1-14-21(25-23(29-14)19-4-2-3-5-20(19)24)10-11-28-17-8-9-18-15(12-17)6-7-16(18)13-22(26)27/h2-5,8-9,12,16H,6-7,10-11,13H2,1H3,(H,26,27)/t16-/m0/s1. The number of aryl methyl sites for hydroxylation is 2. The Labute approximate surface area is 173 Å². The van der Waals surface area contributed by atoms with E-state index in [1.807, 2.05) is 31.2 Å². The van der Waals surface area contributed by atoms with Gasteiger partial charge < -0.3 is 9.84 Å². The average molecular weight is 411 g/mol. The Bertz CT molecular complexity index is 1050. The molecule has 0 fully saturated rings. The van der Waals surface area contributed by atoms with E-state index in [4.69, 9.17) is 9.84 Å². The van der Waals surface area contributed by atoms with Crippen LogP contribution in [0.3, 0.4) is 0 Å². The van der Waals surface area contributed by atoms with Crippen LogP contribution in [0.15, 0.2) is 42.5 Å². The molecule has 1 heterocycles. The number of thiazole rings is 1. The molecule has 0 saturated carbocycles. The highest BCUT2D eigenvalue weighted by Gasteiger charge is 2.24. The molecule has 0 bridgehead atoms. The van der Waals surface area contributed by atoms with Crippen molar-refractivity contribution in [3.05, 3.63) is 70.0 Å². The lowest BCUT2D eigenvalue weighted by Gasteiger charge is -2.10. The van der Waals surface area contributed by atoms with Gasteiger partial charge in [-0.05, 0) is 61.1 Å². The van der Waals surface area contributed by atoms with E-state index in [1.165, 1.54) is 23.0 Å². The molecule has 0 radical (unpaired) electrons. The van der Waals surface area contributed by atoms with Crippen LogP contribution in [0.1, 0.15) is 40.5 Å². The summed E-state index contributed by atoms with van der Waals surface area (Å²) in [5, 5.41) is 9.73. The predicted molar refractivity (Wildman–Crippen MR) is 111 cm³/mol. The maximum Gasteiger partial charge on any atom is 0.303 e. The third-order valence-electron chi connectivity index (χ3n) is 5.34. The number of rotatable bonds is 7. The quantitative estimate of drug-likeness (QED) is 0.567. The lowest BCUT2D eigenvalue weighted by Crippen LogP contribution is -2.04. The van der Waals surface area contributed by atoms with Crippen molar-refractivity contribution in [3.63, 3.8) is 0 Å². The minimum atomic E-state index is -0.753. The second-order valence-electron chi connectivity index (χ2n) is 7.29. The van der Waals surface area contributed by atoms with Gasteiger partial charge in [-0.3, -0.25) is 4.79 Å². The van der Waals surface area contributed by atoms with Gasteiger partial charge in [-0.15, -0.1) is 11.3 Å². The summed E-state index contributed by atoms with van der Waals surface area (Å²) >= 11 is 1.49. The largest absolute Gasteiger partial charge is 0.493 e. The fourth-order valence-corrected chi connectivity index (χ4v) is 4.86. The normalized spacial score (nSPS) is 15.3. The first-order chi connectivity index (χ1) is 14.0. The molecule has 1 aromatic heterocycles. The second-order valence-corrected chi connectivity index (χ2v) is 8.50. The van der Waals surface area contributed by atoms with Crippen LogP contribution in [-0.4, -0.2) is 22.7 Å². The molecular weight excluding hydrogens is 389 g/mol. The SMILES string of the molecule is Cc1sc(-c2ccccc2F)nc1CCOc1ccc2c(c1)CC[C@H]2CC(=O)O. The van der Waals surface area contributed by atoms with Crippen LogP contribution < -0.4 is 4.74 Å². The van der Waals surface area contributed by atoms with Gasteiger partial charge in [0, 0.05) is 16.9 Å². The van der Waals surface area contributed by atoms with Gasteiger partial charge in [0.1, 0.15) is 16.6 Å². The predicted octanol–water partition coefficient (Wildman–Crippen LogP) is 5.38. The lowest BCUT2D eigenvalue weighted by atomic mass is 9.98. The molecule has 0 unspecified atom stereocenters. The van der Waals surface area contributed by atoms with Crippen LogP contribution in [0.5, 0.6) is 5.75 Å². The number of benzene rings is 2. The summed E-state index contributed by atoms with van der Waals surface area (Å²) in [4.78, 5) is 16.7. The molecule has 1 aliphatic rings. The van der Waals surface area contributed by atoms with E-state index in [2.05, 4.69) is 4.98 Å². The number of carbonyl (C=O) groups is 1. The van der Waals surface area contributed by atoms with Crippen molar-refractivity contribution in [1.29, 1.82) is 0 Å². The lowest BCUT2D eigenvalue weighted by molar-refractivity contribution is -0.137. The third-order valence-corrected chi connectivity index (χ3v) is 6.39. The number of nitrogens with zero attached hydrogens (tertiary/aromatic N) is 1. The zero-order valence-corrected chi connectivity index (χ0v) is 17.0. The minimum absolute atomic E-state index is 0.103. The van der Waals surface area contributed by atoms with Crippen molar-refractivity contribution < 1.29 is 19.0 Å². The molecule has 6 heteroatoms. The zero-order chi connectivity index (χ0) is 20.4. The zero-order valence-electron chi connectivity index (χ0n) is 16.2. The Morgan fingerprint density at radius 1 is 1.31 bits per heavy atom. The highest BCUT2D eigenvalue weighted by atomic mass is 32.1. The number of fused-ring (bicyclic) bond motifs is 1. The fraction of sp³-hybridized carbons (Fsp3) is 0.304. The highest BCUT2D eigenvalue weighted by Crippen LogP contribution is 2.37. The molecule has 4 nitrogen and oxygen atoms in total. The summed E-state index contributed by atoms with van der Waals surface area (Å²) in [7, 11) is 0. The summed E-state index contributed by atoms with van der Waals surface area (Å²) in [5.41, 5.74) is 3.77. The van der Waals surface area contributed by atoms with Crippen LogP contribution in [0.4, 0.5) is 4.39 Å². The van der Waals surface area contributed by atoms with E-state index in [1.54, 1.807) is 12.1 Å². The minimum Gasteiger partial charge on any atom is -0.493 e.